The van der Waals surface area contributed by atoms with Crippen LogP contribution in [-0.4, -0.2) is 10.2 Å². The van der Waals surface area contributed by atoms with Crippen LogP contribution < -0.4 is 5.32 Å². The molecule has 3 rings (SSSR count). The van der Waals surface area contributed by atoms with E-state index < -0.39 is 0 Å². The Morgan fingerprint density at radius 1 is 1.00 bits per heavy atom. The summed E-state index contributed by atoms with van der Waals surface area (Å²) in [6.07, 6.45) is 0. The van der Waals surface area contributed by atoms with Crippen molar-refractivity contribution in [2.45, 2.75) is 13.5 Å². The number of rotatable bonds is 4. The number of nitrogens with zero attached hydrogens (tertiary/aromatic N) is 2. The van der Waals surface area contributed by atoms with E-state index in [0.717, 1.165) is 11.3 Å². The molecule has 112 valence electrons. The van der Waals surface area contributed by atoms with Gasteiger partial charge in [0, 0.05) is 11.3 Å². The van der Waals surface area contributed by atoms with Gasteiger partial charge in [-0.2, -0.15) is 0 Å². The summed E-state index contributed by atoms with van der Waals surface area (Å²) in [7, 11) is 0. The predicted molar refractivity (Wildman–Crippen MR) is 78.2 cm³/mol. The number of aromatic nitrogens is 2. The SMILES string of the molecule is Cc1cc(F)ccc1NCc1nnc(-c2ccc(F)cc2)o1. The van der Waals surface area contributed by atoms with Crippen LogP contribution in [-0.2, 0) is 6.54 Å². The van der Waals surface area contributed by atoms with Gasteiger partial charge in [-0.3, -0.25) is 0 Å². The Balaban J connectivity index is 1.70. The number of anilines is 1. The van der Waals surface area contributed by atoms with Crippen LogP contribution >= 0.6 is 0 Å². The fraction of sp³-hybridized carbons (Fsp3) is 0.125. The average molecular weight is 301 g/mol. The van der Waals surface area contributed by atoms with Gasteiger partial charge in [-0.05, 0) is 55.0 Å². The zero-order chi connectivity index (χ0) is 15.5. The van der Waals surface area contributed by atoms with Gasteiger partial charge in [0.2, 0.25) is 11.8 Å². The van der Waals surface area contributed by atoms with Gasteiger partial charge in [0.15, 0.2) is 0 Å². The fourth-order valence-corrected chi connectivity index (χ4v) is 2.03. The van der Waals surface area contributed by atoms with Crippen molar-refractivity contribution in [1.29, 1.82) is 0 Å². The van der Waals surface area contributed by atoms with Crippen LogP contribution in [0.3, 0.4) is 0 Å². The molecule has 1 aromatic heterocycles. The molecule has 0 atom stereocenters. The smallest absolute Gasteiger partial charge is 0.247 e. The summed E-state index contributed by atoms with van der Waals surface area (Å²) in [5.74, 6) is 0.118. The second-order valence-electron chi connectivity index (χ2n) is 4.82. The molecule has 1 N–H and O–H groups in total. The van der Waals surface area contributed by atoms with Crippen molar-refractivity contribution in [3.05, 3.63) is 65.6 Å². The summed E-state index contributed by atoms with van der Waals surface area (Å²) in [6.45, 7) is 2.13. The van der Waals surface area contributed by atoms with E-state index in [1.54, 1.807) is 18.2 Å². The maximum atomic E-state index is 13.0. The van der Waals surface area contributed by atoms with Crippen molar-refractivity contribution in [3.63, 3.8) is 0 Å². The summed E-state index contributed by atoms with van der Waals surface area (Å²) >= 11 is 0. The van der Waals surface area contributed by atoms with E-state index in [1.165, 1.54) is 24.3 Å². The van der Waals surface area contributed by atoms with Gasteiger partial charge in [-0.25, -0.2) is 8.78 Å². The molecule has 0 amide bonds. The quantitative estimate of drug-likeness (QED) is 0.793. The molecule has 0 fully saturated rings. The number of hydrogen-bond acceptors (Lipinski definition) is 4. The third-order valence-corrected chi connectivity index (χ3v) is 3.18. The van der Waals surface area contributed by atoms with Gasteiger partial charge in [0.05, 0.1) is 6.54 Å². The molecular formula is C16H13F2N3O. The van der Waals surface area contributed by atoms with Crippen molar-refractivity contribution < 1.29 is 13.2 Å². The summed E-state index contributed by atoms with van der Waals surface area (Å²) < 4.78 is 31.4. The van der Waals surface area contributed by atoms with Gasteiger partial charge in [0.25, 0.3) is 0 Å². The van der Waals surface area contributed by atoms with Gasteiger partial charge >= 0.3 is 0 Å². The van der Waals surface area contributed by atoms with E-state index >= 15 is 0 Å². The summed E-state index contributed by atoms with van der Waals surface area (Å²) in [5, 5.41) is 11.0. The molecule has 0 unspecified atom stereocenters. The first-order chi connectivity index (χ1) is 10.6. The number of halogens is 2. The zero-order valence-corrected chi connectivity index (χ0v) is 11.8. The molecule has 0 bridgehead atoms. The Morgan fingerprint density at radius 3 is 2.45 bits per heavy atom. The monoisotopic (exact) mass is 301 g/mol. The third-order valence-electron chi connectivity index (χ3n) is 3.18. The average Bonchev–Trinajstić information content (AvgIpc) is 2.96. The van der Waals surface area contributed by atoms with Crippen molar-refractivity contribution in [3.8, 4) is 11.5 Å². The van der Waals surface area contributed by atoms with E-state index in [9.17, 15) is 8.78 Å². The second-order valence-corrected chi connectivity index (χ2v) is 4.82. The molecule has 6 heteroatoms. The highest BCUT2D eigenvalue weighted by molar-refractivity contribution is 5.52. The van der Waals surface area contributed by atoms with Crippen LogP contribution in [0.2, 0.25) is 0 Å². The van der Waals surface area contributed by atoms with Crippen LogP contribution in [0.5, 0.6) is 0 Å². The van der Waals surface area contributed by atoms with Crippen LogP contribution in [0.1, 0.15) is 11.5 Å². The van der Waals surface area contributed by atoms with Crippen LogP contribution in [0, 0.1) is 18.6 Å². The van der Waals surface area contributed by atoms with Crippen LogP contribution in [0.4, 0.5) is 14.5 Å². The Kier molecular flexibility index (Phi) is 3.82. The molecule has 0 aliphatic heterocycles. The molecule has 22 heavy (non-hydrogen) atoms. The second kappa shape index (κ2) is 5.93. The first-order valence-electron chi connectivity index (χ1n) is 6.70. The summed E-state index contributed by atoms with van der Waals surface area (Å²) in [5.41, 5.74) is 2.24. The third kappa shape index (κ3) is 3.11. The molecule has 2 aromatic carbocycles. The largest absolute Gasteiger partial charge is 0.419 e. The highest BCUT2D eigenvalue weighted by atomic mass is 19.1. The van der Waals surface area contributed by atoms with Gasteiger partial charge in [0.1, 0.15) is 11.6 Å². The molecule has 0 radical (unpaired) electrons. The zero-order valence-electron chi connectivity index (χ0n) is 11.8. The minimum atomic E-state index is -0.322. The van der Waals surface area contributed by atoms with E-state index in [4.69, 9.17) is 4.42 Å². The van der Waals surface area contributed by atoms with Crippen molar-refractivity contribution in [1.82, 2.24) is 10.2 Å². The highest BCUT2D eigenvalue weighted by Gasteiger charge is 2.09. The number of benzene rings is 2. The molecule has 0 saturated heterocycles. The van der Waals surface area contributed by atoms with E-state index in [0.29, 0.717) is 23.9 Å². The predicted octanol–water partition coefficient (Wildman–Crippen LogP) is 3.94. The van der Waals surface area contributed by atoms with Crippen molar-refractivity contribution >= 4 is 5.69 Å². The normalized spacial score (nSPS) is 10.7. The van der Waals surface area contributed by atoms with E-state index in [-0.39, 0.29) is 11.6 Å². The minimum absolute atomic E-state index is 0.278. The van der Waals surface area contributed by atoms with Gasteiger partial charge in [-0.15, -0.1) is 10.2 Å². The number of nitrogens with one attached hydrogen (secondary N) is 1. The lowest BCUT2D eigenvalue weighted by Gasteiger charge is -2.06. The van der Waals surface area contributed by atoms with Crippen LogP contribution in [0.15, 0.2) is 46.9 Å². The topological polar surface area (TPSA) is 51.0 Å². The van der Waals surface area contributed by atoms with E-state index in [2.05, 4.69) is 15.5 Å². The molecule has 1 heterocycles. The van der Waals surface area contributed by atoms with Crippen LogP contribution in [0.25, 0.3) is 11.5 Å². The number of aryl methyl sites for hydroxylation is 1. The first kappa shape index (κ1) is 14.2. The van der Waals surface area contributed by atoms with Gasteiger partial charge in [-0.1, -0.05) is 0 Å². The fourth-order valence-electron chi connectivity index (χ4n) is 2.03. The Bertz CT molecular complexity index is 784. The van der Waals surface area contributed by atoms with Gasteiger partial charge < -0.3 is 9.73 Å². The Labute approximate surface area is 125 Å². The lowest BCUT2D eigenvalue weighted by molar-refractivity contribution is 0.515. The van der Waals surface area contributed by atoms with Crippen molar-refractivity contribution in [2.24, 2.45) is 0 Å². The molecule has 0 spiro atoms. The first-order valence-corrected chi connectivity index (χ1v) is 6.70. The molecule has 0 aliphatic carbocycles. The molecule has 3 aromatic rings. The van der Waals surface area contributed by atoms with Crippen molar-refractivity contribution in [2.75, 3.05) is 5.32 Å². The standard InChI is InChI=1S/C16H13F2N3O/c1-10-8-13(18)6-7-14(10)19-9-15-20-21-16(22-15)11-2-4-12(17)5-3-11/h2-8,19H,9H2,1H3. The summed E-state index contributed by atoms with van der Waals surface area (Å²) in [6, 6.07) is 10.3. The summed E-state index contributed by atoms with van der Waals surface area (Å²) in [4.78, 5) is 0. The Morgan fingerprint density at radius 2 is 1.73 bits per heavy atom. The minimum Gasteiger partial charge on any atom is -0.419 e. The molecule has 0 saturated carbocycles. The highest BCUT2D eigenvalue weighted by Crippen LogP contribution is 2.20. The Hall–Kier alpha value is -2.76. The molecule has 0 aliphatic rings. The lowest BCUT2D eigenvalue weighted by atomic mass is 10.2. The molecular weight excluding hydrogens is 288 g/mol. The molecule has 4 nitrogen and oxygen atoms in total. The number of hydrogen-bond donors (Lipinski definition) is 1. The maximum Gasteiger partial charge on any atom is 0.247 e. The lowest BCUT2D eigenvalue weighted by Crippen LogP contribution is -2.01. The van der Waals surface area contributed by atoms with E-state index in [1.807, 2.05) is 6.92 Å². The maximum absolute atomic E-state index is 13.0.